The molecule has 1 aliphatic rings. The number of nitrogens with one attached hydrogen (secondary N) is 1. The topological polar surface area (TPSA) is 81.9 Å². The fourth-order valence-electron chi connectivity index (χ4n) is 2.33. The second kappa shape index (κ2) is 8.98. The SMILES string of the molecule is CC(Sc1nnnn1C1CC1)C(=O)NCCCCOc1ccc(F)cc1. The highest BCUT2D eigenvalue weighted by Crippen LogP contribution is 2.37. The zero-order valence-electron chi connectivity index (χ0n) is 14.6. The van der Waals surface area contributed by atoms with Gasteiger partial charge in [0.25, 0.3) is 0 Å². The maximum Gasteiger partial charge on any atom is 0.233 e. The normalized spacial score (nSPS) is 14.8. The van der Waals surface area contributed by atoms with Crippen LogP contribution in [0.4, 0.5) is 4.39 Å². The van der Waals surface area contributed by atoms with Crippen molar-refractivity contribution in [3.63, 3.8) is 0 Å². The van der Waals surface area contributed by atoms with Crippen molar-refractivity contribution >= 4 is 17.7 Å². The Bertz CT molecular complexity index is 720. The standard InChI is InChI=1S/C17H22FN5O2S/c1-12(26-17-20-21-22-23(17)14-6-7-14)16(24)19-10-2-3-11-25-15-8-4-13(18)5-9-15/h4-5,8-9,12,14H,2-3,6-7,10-11H2,1H3,(H,19,24). The minimum Gasteiger partial charge on any atom is -0.494 e. The number of nitrogens with zero attached hydrogens (tertiary/aromatic N) is 4. The fourth-order valence-corrected chi connectivity index (χ4v) is 3.21. The first-order valence-corrected chi connectivity index (χ1v) is 9.62. The van der Waals surface area contributed by atoms with E-state index in [2.05, 4.69) is 20.8 Å². The molecule has 9 heteroatoms. The number of amides is 1. The van der Waals surface area contributed by atoms with E-state index in [4.69, 9.17) is 4.74 Å². The molecule has 0 spiro atoms. The van der Waals surface area contributed by atoms with Crippen LogP contribution in [0, 0.1) is 5.82 Å². The molecule has 1 heterocycles. The van der Waals surface area contributed by atoms with E-state index in [0.29, 0.717) is 30.1 Å². The molecule has 1 N–H and O–H groups in total. The van der Waals surface area contributed by atoms with Gasteiger partial charge in [-0.2, -0.15) is 0 Å². The van der Waals surface area contributed by atoms with Crippen molar-refractivity contribution < 1.29 is 13.9 Å². The molecule has 0 saturated heterocycles. The first kappa shape index (κ1) is 18.6. The van der Waals surface area contributed by atoms with Crippen LogP contribution in [-0.2, 0) is 4.79 Å². The quantitative estimate of drug-likeness (QED) is 0.505. The molecule has 1 atom stereocenters. The number of ether oxygens (including phenoxy) is 1. The summed E-state index contributed by atoms with van der Waals surface area (Å²) in [5, 5.41) is 15.0. The number of hydrogen-bond acceptors (Lipinski definition) is 6. The van der Waals surface area contributed by atoms with Gasteiger partial charge in [-0.1, -0.05) is 11.8 Å². The van der Waals surface area contributed by atoms with Gasteiger partial charge >= 0.3 is 0 Å². The van der Waals surface area contributed by atoms with E-state index in [1.807, 2.05) is 6.92 Å². The number of rotatable bonds is 10. The molecule has 1 fully saturated rings. The number of benzene rings is 1. The van der Waals surface area contributed by atoms with Crippen molar-refractivity contribution in [1.29, 1.82) is 0 Å². The predicted octanol–water partition coefficient (Wildman–Crippen LogP) is 2.60. The van der Waals surface area contributed by atoms with Crippen molar-refractivity contribution in [2.45, 2.75) is 49.1 Å². The van der Waals surface area contributed by atoms with Crippen LogP contribution in [0.15, 0.2) is 29.4 Å². The molecule has 3 rings (SSSR count). The van der Waals surface area contributed by atoms with Gasteiger partial charge in [-0.3, -0.25) is 4.79 Å². The number of thioether (sulfide) groups is 1. The Morgan fingerprint density at radius 2 is 2.15 bits per heavy atom. The van der Waals surface area contributed by atoms with Crippen LogP contribution < -0.4 is 10.1 Å². The number of hydrogen-bond donors (Lipinski definition) is 1. The van der Waals surface area contributed by atoms with Gasteiger partial charge in [-0.15, -0.1) is 5.10 Å². The molecule has 1 saturated carbocycles. The van der Waals surface area contributed by atoms with Gasteiger partial charge in [0.1, 0.15) is 11.6 Å². The maximum atomic E-state index is 12.8. The average molecular weight is 379 g/mol. The maximum absolute atomic E-state index is 12.8. The zero-order valence-corrected chi connectivity index (χ0v) is 15.4. The minimum atomic E-state index is -0.279. The lowest BCUT2D eigenvalue weighted by Crippen LogP contribution is -2.32. The number of carbonyl (C=O) groups is 1. The molecule has 0 aliphatic heterocycles. The van der Waals surface area contributed by atoms with Crippen LogP contribution in [0.1, 0.15) is 38.6 Å². The highest BCUT2D eigenvalue weighted by atomic mass is 32.2. The molecule has 1 aromatic carbocycles. The first-order valence-electron chi connectivity index (χ1n) is 8.74. The van der Waals surface area contributed by atoms with E-state index >= 15 is 0 Å². The van der Waals surface area contributed by atoms with Crippen LogP contribution in [0.5, 0.6) is 5.75 Å². The molecule has 2 aromatic rings. The van der Waals surface area contributed by atoms with E-state index in [-0.39, 0.29) is 17.0 Å². The molecule has 7 nitrogen and oxygen atoms in total. The summed E-state index contributed by atoms with van der Waals surface area (Å²) in [5.41, 5.74) is 0. The summed E-state index contributed by atoms with van der Waals surface area (Å²) in [7, 11) is 0. The number of halogens is 1. The van der Waals surface area contributed by atoms with Crippen LogP contribution in [-0.4, -0.2) is 44.5 Å². The first-order chi connectivity index (χ1) is 12.6. The lowest BCUT2D eigenvalue weighted by molar-refractivity contribution is -0.120. The zero-order chi connectivity index (χ0) is 18.4. The Morgan fingerprint density at radius 1 is 1.38 bits per heavy atom. The molecular formula is C17H22FN5O2S. The highest BCUT2D eigenvalue weighted by molar-refractivity contribution is 8.00. The van der Waals surface area contributed by atoms with Crippen LogP contribution in [0.3, 0.4) is 0 Å². The molecule has 0 bridgehead atoms. The summed E-state index contributed by atoms with van der Waals surface area (Å²) < 4.78 is 20.1. The largest absolute Gasteiger partial charge is 0.494 e. The Balaban J connectivity index is 1.29. The Labute approximate surface area is 155 Å². The summed E-state index contributed by atoms with van der Waals surface area (Å²) in [6, 6.07) is 6.34. The predicted molar refractivity (Wildman–Crippen MR) is 95.5 cm³/mol. The number of unbranched alkanes of at least 4 members (excludes halogenated alkanes) is 1. The summed E-state index contributed by atoms with van der Waals surface area (Å²) in [6.07, 6.45) is 3.81. The Kier molecular flexibility index (Phi) is 6.43. The molecule has 1 aliphatic carbocycles. The van der Waals surface area contributed by atoms with Crippen LogP contribution in [0.25, 0.3) is 0 Å². The van der Waals surface area contributed by atoms with Crippen LogP contribution in [0.2, 0.25) is 0 Å². The molecule has 140 valence electrons. The monoisotopic (exact) mass is 379 g/mol. The number of carbonyl (C=O) groups excluding carboxylic acids is 1. The van der Waals surface area contributed by atoms with Crippen molar-refractivity contribution in [2.75, 3.05) is 13.2 Å². The third-order valence-electron chi connectivity index (χ3n) is 3.96. The third kappa shape index (κ3) is 5.42. The van der Waals surface area contributed by atoms with Gasteiger partial charge < -0.3 is 10.1 Å². The van der Waals surface area contributed by atoms with Crippen molar-refractivity contribution in [1.82, 2.24) is 25.5 Å². The second-order valence-corrected chi connectivity index (χ2v) is 7.51. The van der Waals surface area contributed by atoms with Gasteiger partial charge in [0, 0.05) is 6.54 Å². The van der Waals surface area contributed by atoms with Crippen LogP contribution >= 0.6 is 11.8 Å². The number of tetrazole rings is 1. The average Bonchev–Trinajstić information content (AvgIpc) is 3.38. The Hall–Kier alpha value is -2.16. The highest BCUT2D eigenvalue weighted by Gasteiger charge is 2.29. The Morgan fingerprint density at radius 3 is 2.88 bits per heavy atom. The van der Waals surface area contributed by atoms with Crippen molar-refractivity contribution in [2.24, 2.45) is 0 Å². The smallest absolute Gasteiger partial charge is 0.233 e. The van der Waals surface area contributed by atoms with E-state index < -0.39 is 0 Å². The fraction of sp³-hybridized carbons (Fsp3) is 0.529. The number of aromatic nitrogens is 4. The van der Waals surface area contributed by atoms with E-state index in [9.17, 15) is 9.18 Å². The van der Waals surface area contributed by atoms with E-state index in [1.165, 1.54) is 23.9 Å². The van der Waals surface area contributed by atoms with Gasteiger partial charge in [0.2, 0.25) is 11.1 Å². The summed E-state index contributed by atoms with van der Waals surface area (Å²) in [4.78, 5) is 12.2. The molecule has 0 radical (unpaired) electrons. The molecule has 1 unspecified atom stereocenters. The second-order valence-electron chi connectivity index (χ2n) is 6.20. The van der Waals surface area contributed by atoms with Gasteiger partial charge in [-0.25, -0.2) is 9.07 Å². The minimum absolute atomic E-state index is 0.0280. The lowest BCUT2D eigenvalue weighted by atomic mass is 10.3. The van der Waals surface area contributed by atoms with Gasteiger partial charge in [0.15, 0.2) is 0 Å². The third-order valence-corrected chi connectivity index (χ3v) is 5.01. The molecule has 26 heavy (non-hydrogen) atoms. The van der Waals surface area contributed by atoms with Crippen molar-refractivity contribution in [3.05, 3.63) is 30.1 Å². The van der Waals surface area contributed by atoms with Gasteiger partial charge in [-0.05, 0) is 67.3 Å². The molecule has 1 aromatic heterocycles. The molecular weight excluding hydrogens is 357 g/mol. The van der Waals surface area contributed by atoms with E-state index in [1.54, 1.807) is 16.8 Å². The van der Waals surface area contributed by atoms with Crippen molar-refractivity contribution in [3.8, 4) is 5.75 Å². The molecule has 1 amide bonds. The van der Waals surface area contributed by atoms with Gasteiger partial charge in [0.05, 0.1) is 17.9 Å². The summed E-state index contributed by atoms with van der Waals surface area (Å²) in [5.74, 6) is 0.340. The lowest BCUT2D eigenvalue weighted by Gasteiger charge is -2.11. The summed E-state index contributed by atoms with van der Waals surface area (Å²) >= 11 is 1.38. The summed E-state index contributed by atoms with van der Waals surface area (Å²) in [6.45, 7) is 2.97. The van der Waals surface area contributed by atoms with E-state index in [0.717, 1.165) is 25.7 Å².